The number of halogens is 3. The van der Waals surface area contributed by atoms with Crippen LogP contribution in [0.4, 0.5) is 18.9 Å². The number of hydrogen-bond acceptors (Lipinski definition) is 5. The van der Waals surface area contributed by atoms with Crippen LogP contribution in [-0.2, 0) is 9.59 Å². The molecule has 0 aliphatic heterocycles. The van der Waals surface area contributed by atoms with Gasteiger partial charge in [-0.3, -0.25) is 14.5 Å². The highest BCUT2D eigenvalue weighted by Gasteiger charge is 2.48. The second-order valence-corrected chi connectivity index (χ2v) is 9.22. The van der Waals surface area contributed by atoms with Crippen LogP contribution in [-0.4, -0.2) is 38.3 Å². The minimum Gasteiger partial charge on any atom is -0.497 e. The molecule has 6 nitrogen and oxygen atoms in total. The Balaban J connectivity index is 2.15. The fourth-order valence-corrected chi connectivity index (χ4v) is 4.96. The van der Waals surface area contributed by atoms with Crippen LogP contribution in [0.5, 0.6) is 11.5 Å². The lowest BCUT2D eigenvalue weighted by Gasteiger charge is -2.33. The molecule has 3 rings (SSSR count). The zero-order valence-electron chi connectivity index (χ0n) is 18.7. The molecule has 33 heavy (non-hydrogen) atoms. The van der Waals surface area contributed by atoms with Gasteiger partial charge < -0.3 is 14.8 Å². The molecule has 1 aliphatic rings. The van der Waals surface area contributed by atoms with Crippen molar-refractivity contribution < 1.29 is 32.2 Å². The van der Waals surface area contributed by atoms with Gasteiger partial charge in [0.05, 0.1) is 19.9 Å². The topological polar surface area (TPSA) is 67.9 Å². The molecular formula is C23H27F3N2O4S. The van der Waals surface area contributed by atoms with Crippen molar-refractivity contribution in [3.63, 3.8) is 0 Å². The Morgan fingerprint density at radius 1 is 1.09 bits per heavy atom. The summed E-state index contributed by atoms with van der Waals surface area (Å²) in [5, 5.41) is 2.88. The van der Waals surface area contributed by atoms with Crippen molar-refractivity contribution in [2.75, 3.05) is 19.1 Å². The van der Waals surface area contributed by atoms with Gasteiger partial charge in [0.15, 0.2) is 6.04 Å². The average molecular weight is 485 g/mol. The Hall–Kier alpha value is -2.75. The Labute approximate surface area is 194 Å². The van der Waals surface area contributed by atoms with Crippen LogP contribution in [0.1, 0.15) is 47.9 Å². The highest BCUT2D eigenvalue weighted by atomic mass is 32.1. The van der Waals surface area contributed by atoms with Crippen molar-refractivity contribution >= 4 is 28.8 Å². The van der Waals surface area contributed by atoms with Gasteiger partial charge in [-0.2, -0.15) is 13.2 Å². The zero-order valence-corrected chi connectivity index (χ0v) is 19.5. The van der Waals surface area contributed by atoms with Crippen LogP contribution in [0.25, 0.3) is 0 Å². The van der Waals surface area contributed by atoms with E-state index in [4.69, 9.17) is 9.47 Å². The molecular weight excluding hydrogens is 457 g/mol. The third kappa shape index (κ3) is 5.79. The Kier molecular flexibility index (Phi) is 7.88. The number of amides is 2. The van der Waals surface area contributed by atoms with Crippen LogP contribution >= 0.6 is 11.3 Å². The molecule has 0 spiro atoms. The van der Waals surface area contributed by atoms with E-state index < -0.39 is 24.0 Å². The molecule has 0 bridgehead atoms. The molecule has 0 radical (unpaired) electrons. The summed E-state index contributed by atoms with van der Waals surface area (Å²) in [6, 6.07) is 5.79. The van der Waals surface area contributed by atoms with E-state index in [-0.39, 0.29) is 23.2 Å². The van der Waals surface area contributed by atoms with Gasteiger partial charge in [-0.05, 0) is 44.0 Å². The van der Waals surface area contributed by atoms with Crippen LogP contribution < -0.4 is 19.7 Å². The highest BCUT2D eigenvalue weighted by Crippen LogP contribution is 2.41. The first-order valence-corrected chi connectivity index (χ1v) is 11.5. The summed E-state index contributed by atoms with van der Waals surface area (Å²) in [7, 11) is 2.64. The van der Waals surface area contributed by atoms with Crippen molar-refractivity contribution in [1.29, 1.82) is 0 Å². The quantitative estimate of drug-likeness (QED) is 0.590. The monoisotopic (exact) mass is 484 g/mol. The summed E-state index contributed by atoms with van der Waals surface area (Å²) in [5.41, 5.74) is -0.200. The number of ether oxygens (including phenoxy) is 2. The summed E-state index contributed by atoms with van der Waals surface area (Å²) in [5.74, 6) is -2.59. The molecule has 0 saturated heterocycles. The fraction of sp³-hybridized carbons (Fsp3) is 0.478. The maximum Gasteiger partial charge on any atom is 0.471 e. The van der Waals surface area contributed by atoms with Crippen molar-refractivity contribution in [3.8, 4) is 11.5 Å². The molecule has 1 aliphatic carbocycles. The van der Waals surface area contributed by atoms with Crippen LogP contribution in [0.3, 0.4) is 0 Å². The van der Waals surface area contributed by atoms with E-state index in [9.17, 15) is 22.8 Å². The predicted molar refractivity (Wildman–Crippen MR) is 120 cm³/mol. The van der Waals surface area contributed by atoms with Gasteiger partial charge in [-0.15, -0.1) is 11.3 Å². The third-order valence-electron chi connectivity index (χ3n) is 5.60. The summed E-state index contributed by atoms with van der Waals surface area (Å²) < 4.78 is 51.9. The number of nitrogens with one attached hydrogen (secondary N) is 1. The lowest BCUT2D eigenvalue weighted by molar-refractivity contribution is -0.171. The molecule has 1 atom stereocenters. The van der Waals surface area contributed by atoms with Gasteiger partial charge in [0.1, 0.15) is 11.5 Å². The van der Waals surface area contributed by atoms with E-state index in [0.717, 1.165) is 37.0 Å². The summed E-state index contributed by atoms with van der Waals surface area (Å²) in [6.07, 6.45) is -0.802. The average Bonchev–Trinajstić information content (AvgIpc) is 3.22. The van der Waals surface area contributed by atoms with Crippen LogP contribution in [0.15, 0.2) is 30.3 Å². The van der Waals surface area contributed by atoms with Gasteiger partial charge in [-0.25, -0.2) is 0 Å². The van der Waals surface area contributed by atoms with E-state index in [2.05, 4.69) is 5.32 Å². The number of carbonyl (C=O) groups is 2. The number of aryl methyl sites for hydroxylation is 1. The zero-order chi connectivity index (χ0) is 24.2. The lowest BCUT2D eigenvalue weighted by atomic mass is 9.95. The molecule has 2 aromatic rings. The number of benzene rings is 1. The molecule has 1 unspecified atom stereocenters. The molecule has 2 amide bonds. The summed E-state index contributed by atoms with van der Waals surface area (Å²) in [6.45, 7) is 1.78. The summed E-state index contributed by atoms with van der Waals surface area (Å²) >= 11 is 1.17. The standard InChI is InChI=1S/C23H27F3N2O4S/c1-14-9-12-19(33-14)20(21(29)27-15-7-5-4-6-8-15)28(22(30)23(24,25)26)17-13-16(31-2)10-11-18(17)32-3/h9-13,15,20H,4-8H2,1-3H3,(H,27,29). The minimum absolute atomic E-state index is 0.0112. The number of rotatable bonds is 7. The van der Waals surface area contributed by atoms with E-state index >= 15 is 0 Å². The second kappa shape index (κ2) is 10.5. The lowest BCUT2D eigenvalue weighted by Crippen LogP contribution is -2.50. The first kappa shape index (κ1) is 24.9. The first-order valence-electron chi connectivity index (χ1n) is 10.6. The van der Waals surface area contributed by atoms with Crippen LogP contribution in [0.2, 0.25) is 0 Å². The molecule has 10 heteroatoms. The SMILES string of the molecule is COc1ccc(OC)c(N(C(=O)C(F)(F)F)C(C(=O)NC2CCCCC2)c2ccc(C)s2)c1. The second-order valence-electron chi connectivity index (χ2n) is 7.91. The molecule has 1 N–H and O–H groups in total. The van der Waals surface area contributed by atoms with Crippen molar-refractivity contribution in [2.45, 2.75) is 57.3 Å². The number of thiophene rings is 1. The smallest absolute Gasteiger partial charge is 0.471 e. The van der Waals surface area contributed by atoms with Crippen molar-refractivity contribution in [3.05, 3.63) is 40.1 Å². The number of alkyl halides is 3. The number of anilines is 1. The largest absolute Gasteiger partial charge is 0.497 e. The molecule has 1 aromatic carbocycles. The van der Waals surface area contributed by atoms with E-state index in [1.54, 1.807) is 19.1 Å². The van der Waals surface area contributed by atoms with Gasteiger partial charge in [-0.1, -0.05) is 19.3 Å². The number of carbonyl (C=O) groups excluding carboxylic acids is 2. The number of methoxy groups -OCH3 is 2. The van der Waals surface area contributed by atoms with E-state index in [1.165, 1.54) is 43.8 Å². The Morgan fingerprint density at radius 2 is 1.79 bits per heavy atom. The van der Waals surface area contributed by atoms with Crippen molar-refractivity contribution in [2.24, 2.45) is 0 Å². The fourth-order valence-electron chi connectivity index (χ4n) is 3.99. The van der Waals surface area contributed by atoms with Gasteiger partial charge >= 0.3 is 12.1 Å². The predicted octanol–water partition coefficient (Wildman–Crippen LogP) is 5.16. The summed E-state index contributed by atoms with van der Waals surface area (Å²) in [4.78, 5) is 27.9. The van der Waals surface area contributed by atoms with Crippen molar-refractivity contribution in [1.82, 2.24) is 5.32 Å². The highest BCUT2D eigenvalue weighted by molar-refractivity contribution is 7.12. The third-order valence-corrected chi connectivity index (χ3v) is 6.65. The maximum absolute atomic E-state index is 13.8. The molecule has 1 saturated carbocycles. The van der Waals surface area contributed by atoms with Gasteiger partial charge in [0.2, 0.25) is 5.91 Å². The maximum atomic E-state index is 13.8. The Bertz CT molecular complexity index is 986. The molecule has 180 valence electrons. The normalized spacial score (nSPS) is 15.6. The van der Waals surface area contributed by atoms with Gasteiger partial charge in [0.25, 0.3) is 0 Å². The van der Waals surface area contributed by atoms with Crippen LogP contribution in [0, 0.1) is 6.92 Å². The minimum atomic E-state index is -5.22. The van der Waals surface area contributed by atoms with E-state index in [1.807, 2.05) is 0 Å². The molecule has 1 heterocycles. The number of hydrogen-bond donors (Lipinski definition) is 1. The number of nitrogens with zero attached hydrogens (tertiary/aromatic N) is 1. The van der Waals surface area contributed by atoms with Gasteiger partial charge in [0, 0.05) is 21.9 Å². The molecule has 1 fully saturated rings. The molecule has 1 aromatic heterocycles. The Morgan fingerprint density at radius 3 is 2.33 bits per heavy atom. The first-order chi connectivity index (χ1) is 15.7. The van der Waals surface area contributed by atoms with E-state index in [0.29, 0.717) is 9.78 Å².